The SMILES string of the molecule is COC(=O)c1sc(N2CCOCC2)c(SC)c1N. The lowest BCUT2D eigenvalue weighted by Gasteiger charge is -2.28. The minimum absolute atomic E-state index is 0.368. The molecule has 0 radical (unpaired) electrons. The number of esters is 1. The molecular formula is C11H16N2O3S2. The number of hydrogen-bond acceptors (Lipinski definition) is 7. The summed E-state index contributed by atoms with van der Waals surface area (Å²) in [4.78, 5) is 15.3. The van der Waals surface area contributed by atoms with Gasteiger partial charge in [-0.25, -0.2) is 4.79 Å². The molecule has 1 fully saturated rings. The zero-order valence-corrected chi connectivity index (χ0v) is 12.0. The summed E-state index contributed by atoms with van der Waals surface area (Å²) in [7, 11) is 1.37. The number of nitrogens with zero attached hydrogens (tertiary/aromatic N) is 1. The molecule has 1 aliphatic rings. The first-order valence-corrected chi connectivity index (χ1v) is 7.60. The summed E-state index contributed by atoms with van der Waals surface area (Å²) in [6.45, 7) is 3.07. The molecule has 0 aromatic carbocycles. The highest BCUT2D eigenvalue weighted by molar-refractivity contribution is 7.99. The third-order valence-electron chi connectivity index (χ3n) is 2.76. The fraction of sp³-hybridized carbons (Fsp3) is 0.545. The Morgan fingerprint density at radius 3 is 2.72 bits per heavy atom. The van der Waals surface area contributed by atoms with E-state index in [-0.39, 0.29) is 5.97 Å². The average molecular weight is 288 g/mol. The van der Waals surface area contributed by atoms with Crippen molar-refractivity contribution in [2.45, 2.75) is 4.90 Å². The number of methoxy groups -OCH3 is 1. The number of nitrogen functional groups attached to an aromatic ring is 1. The highest BCUT2D eigenvalue weighted by Crippen LogP contribution is 2.44. The van der Waals surface area contributed by atoms with Gasteiger partial charge in [0, 0.05) is 13.1 Å². The normalized spacial score (nSPS) is 15.8. The van der Waals surface area contributed by atoms with Gasteiger partial charge in [-0.05, 0) is 6.26 Å². The largest absolute Gasteiger partial charge is 0.465 e. The van der Waals surface area contributed by atoms with E-state index in [1.807, 2.05) is 6.26 Å². The quantitative estimate of drug-likeness (QED) is 0.674. The number of hydrogen-bond donors (Lipinski definition) is 1. The van der Waals surface area contributed by atoms with Gasteiger partial charge >= 0.3 is 5.97 Å². The Morgan fingerprint density at radius 1 is 1.50 bits per heavy atom. The Morgan fingerprint density at radius 2 is 2.17 bits per heavy atom. The molecule has 18 heavy (non-hydrogen) atoms. The van der Waals surface area contributed by atoms with Gasteiger partial charge in [-0.2, -0.15) is 0 Å². The van der Waals surface area contributed by atoms with Crippen LogP contribution in [0.25, 0.3) is 0 Å². The van der Waals surface area contributed by atoms with Crippen LogP contribution >= 0.6 is 23.1 Å². The number of carbonyl (C=O) groups is 1. The first kappa shape index (κ1) is 13.5. The van der Waals surface area contributed by atoms with E-state index in [9.17, 15) is 4.79 Å². The highest BCUT2D eigenvalue weighted by atomic mass is 32.2. The van der Waals surface area contributed by atoms with E-state index in [0.29, 0.717) is 23.8 Å². The molecule has 1 aliphatic heterocycles. The van der Waals surface area contributed by atoms with Crippen LogP contribution in [0.2, 0.25) is 0 Å². The zero-order chi connectivity index (χ0) is 13.1. The van der Waals surface area contributed by atoms with Crippen LogP contribution in [0, 0.1) is 0 Å². The maximum atomic E-state index is 11.7. The molecule has 0 unspecified atom stereocenters. The molecule has 0 amide bonds. The number of morpholine rings is 1. The van der Waals surface area contributed by atoms with Crippen LogP contribution in [-0.4, -0.2) is 45.6 Å². The fourth-order valence-electron chi connectivity index (χ4n) is 1.83. The van der Waals surface area contributed by atoms with Crippen molar-refractivity contribution in [3.63, 3.8) is 0 Å². The van der Waals surface area contributed by atoms with Crippen molar-refractivity contribution in [1.29, 1.82) is 0 Å². The van der Waals surface area contributed by atoms with Crippen molar-refractivity contribution in [1.82, 2.24) is 0 Å². The van der Waals surface area contributed by atoms with E-state index in [1.54, 1.807) is 11.8 Å². The molecule has 7 heteroatoms. The highest BCUT2D eigenvalue weighted by Gasteiger charge is 2.25. The number of ether oxygens (including phenoxy) is 2. The number of anilines is 2. The van der Waals surface area contributed by atoms with Crippen molar-refractivity contribution in [3.05, 3.63) is 4.88 Å². The Balaban J connectivity index is 2.36. The first-order chi connectivity index (χ1) is 8.69. The smallest absolute Gasteiger partial charge is 0.350 e. The molecule has 0 atom stereocenters. The molecule has 0 spiro atoms. The van der Waals surface area contributed by atoms with Crippen molar-refractivity contribution < 1.29 is 14.3 Å². The molecule has 2 rings (SSSR count). The Kier molecular flexibility index (Phi) is 4.36. The third-order valence-corrected chi connectivity index (χ3v) is 4.95. The van der Waals surface area contributed by atoms with E-state index >= 15 is 0 Å². The zero-order valence-electron chi connectivity index (χ0n) is 10.4. The summed E-state index contributed by atoms with van der Waals surface area (Å²) < 4.78 is 10.1. The predicted octanol–water partition coefficient (Wildman–Crippen LogP) is 1.68. The predicted molar refractivity (Wildman–Crippen MR) is 74.9 cm³/mol. The van der Waals surface area contributed by atoms with Crippen LogP contribution < -0.4 is 10.6 Å². The molecule has 0 bridgehead atoms. The molecule has 1 saturated heterocycles. The van der Waals surface area contributed by atoms with Crippen LogP contribution in [0.3, 0.4) is 0 Å². The Hall–Kier alpha value is -0.920. The van der Waals surface area contributed by atoms with Crippen LogP contribution in [0.1, 0.15) is 9.67 Å². The first-order valence-electron chi connectivity index (χ1n) is 5.56. The van der Waals surface area contributed by atoms with Crippen LogP contribution in [0.4, 0.5) is 10.7 Å². The topological polar surface area (TPSA) is 64.8 Å². The van der Waals surface area contributed by atoms with Crippen LogP contribution in [0.5, 0.6) is 0 Å². The van der Waals surface area contributed by atoms with E-state index in [4.69, 9.17) is 15.2 Å². The van der Waals surface area contributed by atoms with Gasteiger partial charge < -0.3 is 20.1 Å². The summed E-state index contributed by atoms with van der Waals surface area (Å²) >= 11 is 2.96. The molecule has 1 aromatic rings. The van der Waals surface area contributed by atoms with Gasteiger partial charge in [-0.3, -0.25) is 0 Å². The summed E-state index contributed by atoms with van der Waals surface area (Å²) in [6.07, 6.45) is 1.96. The third kappa shape index (κ3) is 2.43. The lowest BCUT2D eigenvalue weighted by molar-refractivity contribution is 0.0607. The monoisotopic (exact) mass is 288 g/mol. The van der Waals surface area contributed by atoms with Crippen LogP contribution in [0.15, 0.2) is 4.90 Å². The van der Waals surface area contributed by atoms with Gasteiger partial charge in [0.25, 0.3) is 0 Å². The lowest BCUT2D eigenvalue weighted by atomic mass is 10.3. The summed E-state index contributed by atoms with van der Waals surface area (Å²) in [6, 6.07) is 0. The Bertz CT molecular complexity index is 442. The van der Waals surface area contributed by atoms with E-state index in [1.165, 1.54) is 18.4 Å². The van der Waals surface area contributed by atoms with Crippen molar-refractivity contribution in [2.75, 3.05) is 50.3 Å². The van der Waals surface area contributed by atoms with Gasteiger partial charge in [-0.15, -0.1) is 23.1 Å². The van der Waals surface area contributed by atoms with Gasteiger partial charge in [0.05, 0.1) is 30.9 Å². The van der Waals surface area contributed by atoms with Gasteiger partial charge in [-0.1, -0.05) is 0 Å². The molecule has 5 nitrogen and oxygen atoms in total. The lowest BCUT2D eigenvalue weighted by Crippen LogP contribution is -2.35. The summed E-state index contributed by atoms with van der Waals surface area (Å²) in [5, 5.41) is 1.05. The maximum Gasteiger partial charge on any atom is 0.350 e. The number of nitrogens with two attached hydrogens (primary N) is 1. The average Bonchev–Trinajstić information content (AvgIpc) is 2.76. The molecular weight excluding hydrogens is 272 g/mol. The molecule has 0 saturated carbocycles. The van der Waals surface area contributed by atoms with E-state index in [2.05, 4.69) is 4.90 Å². The maximum absolute atomic E-state index is 11.7. The van der Waals surface area contributed by atoms with Crippen molar-refractivity contribution >= 4 is 39.8 Å². The van der Waals surface area contributed by atoms with E-state index in [0.717, 1.165) is 23.0 Å². The van der Waals surface area contributed by atoms with Gasteiger partial charge in [0.15, 0.2) is 0 Å². The fourth-order valence-corrected chi connectivity index (χ4v) is 3.98. The minimum atomic E-state index is -0.368. The number of rotatable bonds is 3. The Labute approximate surface area is 114 Å². The van der Waals surface area contributed by atoms with E-state index < -0.39 is 0 Å². The molecule has 2 N–H and O–H groups in total. The summed E-state index contributed by atoms with van der Waals surface area (Å²) in [5.41, 5.74) is 6.56. The molecule has 2 heterocycles. The molecule has 0 aliphatic carbocycles. The number of thiophene rings is 1. The molecule has 100 valence electrons. The second-order valence-corrected chi connectivity index (χ2v) is 5.59. The standard InChI is InChI=1S/C11H16N2O3S2/c1-15-11(14)9-7(12)8(17-2)10(18-9)13-3-5-16-6-4-13/h3-6,12H2,1-2H3. The summed E-state index contributed by atoms with van der Waals surface area (Å²) in [5.74, 6) is -0.368. The van der Waals surface area contributed by atoms with Gasteiger partial charge in [0.1, 0.15) is 9.88 Å². The number of carbonyl (C=O) groups excluding carboxylic acids is 1. The second-order valence-electron chi connectivity index (χ2n) is 3.77. The second kappa shape index (κ2) is 5.81. The minimum Gasteiger partial charge on any atom is -0.465 e. The van der Waals surface area contributed by atoms with Crippen molar-refractivity contribution in [2.24, 2.45) is 0 Å². The van der Waals surface area contributed by atoms with Crippen molar-refractivity contribution in [3.8, 4) is 0 Å². The molecule has 1 aromatic heterocycles. The van der Waals surface area contributed by atoms with Crippen LogP contribution in [-0.2, 0) is 9.47 Å². The van der Waals surface area contributed by atoms with Gasteiger partial charge in [0.2, 0.25) is 0 Å². The number of thioether (sulfide) groups is 1.